The van der Waals surface area contributed by atoms with Gasteiger partial charge in [0.1, 0.15) is 17.1 Å². The van der Waals surface area contributed by atoms with Crippen molar-refractivity contribution in [3.8, 4) is 11.1 Å². The summed E-state index contributed by atoms with van der Waals surface area (Å²) in [5.41, 5.74) is 5.11. The summed E-state index contributed by atoms with van der Waals surface area (Å²) in [5, 5.41) is 9.29. The lowest BCUT2D eigenvalue weighted by Gasteiger charge is -2.14. The molecule has 0 bridgehead atoms. The standard InChI is InChI=1S/C19H14FN3O4/c20-14-6-12-16(7-11(14)9-3-4-22-15(5-9)18(21)25)23(10-1-2-10)8-13(17(12)24)19(26)27/h3-8,10H,1-2H2,(H2,21,25)(H,26,27). The number of benzene rings is 1. The lowest BCUT2D eigenvalue weighted by Crippen LogP contribution is -2.19. The summed E-state index contributed by atoms with van der Waals surface area (Å²) in [6, 6.07) is 5.52. The number of rotatable bonds is 4. The maximum absolute atomic E-state index is 14.8. The van der Waals surface area contributed by atoms with Crippen LogP contribution in [0.5, 0.6) is 0 Å². The Kier molecular flexibility index (Phi) is 3.76. The van der Waals surface area contributed by atoms with Crippen molar-refractivity contribution in [2.24, 2.45) is 5.73 Å². The third kappa shape index (κ3) is 2.84. The second-order valence-corrected chi connectivity index (χ2v) is 6.46. The molecule has 1 aliphatic carbocycles. The van der Waals surface area contributed by atoms with Crippen molar-refractivity contribution < 1.29 is 19.1 Å². The quantitative estimate of drug-likeness (QED) is 0.734. The number of carboxylic acids is 1. The number of primary amides is 1. The molecule has 4 rings (SSSR count). The molecule has 2 aromatic heterocycles. The molecule has 1 amide bonds. The largest absolute Gasteiger partial charge is 0.477 e. The number of amides is 1. The summed E-state index contributed by atoms with van der Waals surface area (Å²) in [5.74, 6) is -2.79. The molecule has 3 N–H and O–H groups in total. The summed E-state index contributed by atoms with van der Waals surface area (Å²) >= 11 is 0. The van der Waals surface area contributed by atoms with Crippen LogP contribution in [0.4, 0.5) is 4.39 Å². The monoisotopic (exact) mass is 367 g/mol. The van der Waals surface area contributed by atoms with E-state index >= 15 is 0 Å². The number of carbonyl (C=O) groups is 2. The Balaban J connectivity index is 2.01. The highest BCUT2D eigenvalue weighted by Crippen LogP contribution is 2.38. The number of fused-ring (bicyclic) bond motifs is 1. The Labute approximate surface area is 151 Å². The first kappa shape index (κ1) is 16.9. The molecule has 8 heteroatoms. The number of aromatic nitrogens is 2. The Morgan fingerprint density at radius 3 is 2.63 bits per heavy atom. The van der Waals surface area contributed by atoms with E-state index in [0.717, 1.165) is 18.9 Å². The van der Waals surface area contributed by atoms with E-state index in [9.17, 15) is 23.9 Å². The number of hydrogen-bond donors (Lipinski definition) is 2. The lowest BCUT2D eigenvalue weighted by molar-refractivity contribution is 0.0694. The second-order valence-electron chi connectivity index (χ2n) is 6.46. The fourth-order valence-corrected chi connectivity index (χ4v) is 3.13. The highest BCUT2D eigenvalue weighted by molar-refractivity contribution is 5.95. The van der Waals surface area contributed by atoms with E-state index in [1.54, 1.807) is 4.57 Å². The van der Waals surface area contributed by atoms with Crippen LogP contribution in [-0.4, -0.2) is 26.5 Å². The third-order valence-electron chi connectivity index (χ3n) is 4.62. The van der Waals surface area contributed by atoms with Gasteiger partial charge in [0.25, 0.3) is 5.91 Å². The number of aromatic carboxylic acids is 1. The molecular formula is C19H14FN3O4. The van der Waals surface area contributed by atoms with Gasteiger partial charge >= 0.3 is 5.97 Å². The first-order valence-electron chi connectivity index (χ1n) is 8.24. The van der Waals surface area contributed by atoms with Crippen LogP contribution in [0.1, 0.15) is 39.7 Å². The van der Waals surface area contributed by atoms with Crippen molar-refractivity contribution in [2.75, 3.05) is 0 Å². The molecule has 2 heterocycles. The van der Waals surface area contributed by atoms with E-state index in [1.165, 1.54) is 30.6 Å². The Hall–Kier alpha value is -3.55. The topological polar surface area (TPSA) is 115 Å². The first-order chi connectivity index (χ1) is 12.9. The molecule has 1 saturated carbocycles. The Morgan fingerprint density at radius 2 is 2.00 bits per heavy atom. The minimum absolute atomic E-state index is 0.00666. The van der Waals surface area contributed by atoms with Crippen LogP contribution in [0.15, 0.2) is 41.5 Å². The molecule has 136 valence electrons. The fourth-order valence-electron chi connectivity index (χ4n) is 3.13. The van der Waals surface area contributed by atoms with Gasteiger partial charge in [-0.1, -0.05) is 0 Å². The van der Waals surface area contributed by atoms with E-state index in [1.807, 2.05) is 0 Å². The van der Waals surface area contributed by atoms with Crippen molar-refractivity contribution in [1.82, 2.24) is 9.55 Å². The molecule has 0 atom stereocenters. The van der Waals surface area contributed by atoms with Gasteiger partial charge in [0.2, 0.25) is 5.43 Å². The highest BCUT2D eigenvalue weighted by atomic mass is 19.1. The molecular weight excluding hydrogens is 353 g/mol. The number of pyridine rings is 2. The molecule has 0 unspecified atom stereocenters. The van der Waals surface area contributed by atoms with Gasteiger partial charge in [-0.2, -0.15) is 0 Å². The van der Waals surface area contributed by atoms with E-state index < -0.39 is 23.1 Å². The number of carbonyl (C=O) groups excluding carboxylic acids is 1. The van der Waals surface area contributed by atoms with E-state index in [0.29, 0.717) is 11.1 Å². The van der Waals surface area contributed by atoms with Gasteiger partial charge in [-0.3, -0.25) is 14.6 Å². The molecule has 27 heavy (non-hydrogen) atoms. The third-order valence-corrected chi connectivity index (χ3v) is 4.62. The zero-order valence-electron chi connectivity index (χ0n) is 14.0. The maximum atomic E-state index is 14.8. The summed E-state index contributed by atoms with van der Waals surface area (Å²) < 4.78 is 16.5. The predicted molar refractivity (Wildman–Crippen MR) is 95.1 cm³/mol. The fraction of sp³-hybridized carbons (Fsp3) is 0.158. The van der Waals surface area contributed by atoms with Crippen LogP contribution in [0, 0.1) is 5.82 Å². The summed E-state index contributed by atoms with van der Waals surface area (Å²) in [7, 11) is 0. The van der Waals surface area contributed by atoms with Gasteiger partial charge in [0.15, 0.2) is 0 Å². The normalized spacial score (nSPS) is 13.7. The van der Waals surface area contributed by atoms with Gasteiger partial charge in [-0.25, -0.2) is 9.18 Å². The lowest BCUT2D eigenvalue weighted by atomic mass is 10.0. The van der Waals surface area contributed by atoms with E-state index in [-0.39, 0.29) is 28.2 Å². The molecule has 0 saturated heterocycles. The van der Waals surface area contributed by atoms with Gasteiger partial charge in [0.05, 0.1) is 5.52 Å². The SMILES string of the molecule is NC(=O)c1cc(-c2cc3c(cc2F)c(=O)c(C(=O)O)cn3C2CC2)ccn1. The Morgan fingerprint density at radius 1 is 1.26 bits per heavy atom. The van der Waals surface area contributed by atoms with Crippen molar-refractivity contribution in [2.45, 2.75) is 18.9 Å². The zero-order valence-corrected chi connectivity index (χ0v) is 14.0. The number of nitrogens with zero attached hydrogens (tertiary/aromatic N) is 2. The van der Waals surface area contributed by atoms with Crippen molar-refractivity contribution >= 4 is 22.8 Å². The minimum Gasteiger partial charge on any atom is -0.477 e. The van der Waals surface area contributed by atoms with Gasteiger partial charge < -0.3 is 15.4 Å². The van der Waals surface area contributed by atoms with Crippen molar-refractivity contribution in [3.63, 3.8) is 0 Å². The molecule has 3 aromatic rings. The van der Waals surface area contributed by atoms with Crippen LogP contribution in [0.2, 0.25) is 0 Å². The maximum Gasteiger partial charge on any atom is 0.341 e. The Bertz CT molecular complexity index is 1180. The molecule has 1 aliphatic rings. The first-order valence-corrected chi connectivity index (χ1v) is 8.24. The van der Waals surface area contributed by atoms with Crippen LogP contribution < -0.4 is 11.2 Å². The predicted octanol–water partition coefficient (Wildman–Crippen LogP) is 2.33. The summed E-state index contributed by atoms with van der Waals surface area (Å²) in [4.78, 5) is 39.0. The molecule has 1 fully saturated rings. The zero-order chi connectivity index (χ0) is 19.3. The van der Waals surface area contributed by atoms with Gasteiger partial charge in [0, 0.05) is 29.4 Å². The van der Waals surface area contributed by atoms with Gasteiger partial charge in [-0.15, -0.1) is 0 Å². The molecule has 0 aliphatic heterocycles. The summed E-state index contributed by atoms with van der Waals surface area (Å²) in [6.07, 6.45) is 4.37. The van der Waals surface area contributed by atoms with Crippen LogP contribution >= 0.6 is 0 Å². The molecule has 1 aromatic carbocycles. The second kappa shape index (κ2) is 6.01. The average molecular weight is 367 g/mol. The molecule has 0 radical (unpaired) electrons. The van der Waals surface area contributed by atoms with Crippen LogP contribution in [-0.2, 0) is 0 Å². The number of halogens is 1. The smallest absolute Gasteiger partial charge is 0.341 e. The van der Waals surface area contributed by atoms with Crippen molar-refractivity contribution in [3.05, 3.63) is 64.0 Å². The molecule has 0 spiro atoms. The summed E-state index contributed by atoms with van der Waals surface area (Å²) in [6.45, 7) is 0. The number of hydrogen-bond acceptors (Lipinski definition) is 4. The average Bonchev–Trinajstić information content (AvgIpc) is 3.47. The van der Waals surface area contributed by atoms with Crippen molar-refractivity contribution in [1.29, 1.82) is 0 Å². The van der Waals surface area contributed by atoms with Gasteiger partial charge in [-0.05, 0) is 42.7 Å². The number of nitrogens with two attached hydrogens (primary N) is 1. The van der Waals surface area contributed by atoms with E-state index in [4.69, 9.17) is 5.73 Å². The van der Waals surface area contributed by atoms with Crippen LogP contribution in [0.3, 0.4) is 0 Å². The highest BCUT2D eigenvalue weighted by Gasteiger charge is 2.27. The molecule has 7 nitrogen and oxygen atoms in total. The minimum atomic E-state index is -1.35. The van der Waals surface area contributed by atoms with Crippen LogP contribution in [0.25, 0.3) is 22.0 Å². The number of carboxylic acid groups (broad SMARTS) is 1. The van der Waals surface area contributed by atoms with E-state index in [2.05, 4.69) is 4.98 Å².